The number of nitrogens with zero attached hydrogens (tertiary/aromatic N) is 1. The van der Waals surface area contributed by atoms with E-state index in [1.54, 1.807) is 11.3 Å². The van der Waals surface area contributed by atoms with Gasteiger partial charge in [-0.2, -0.15) is 0 Å². The highest BCUT2D eigenvalue weighted by Crippen LogP contribution is 2.22. The summed E-state index contributed by atoms with van der Waals surface area (Å²) in [7, 11) is 0. The number of para-hydroxylation sites is 1. The number of thiazole rings is 1. The Hall–Kier alpha value is -1.91. The number of rotatable bonds is 4. The summed E-state index contributed by atoms with van der Waals surface area (Å²) in [6, 6.07) is 15.9. The molecule has 1 aromatic heterocycles. The standard InChI is InChI=1S/C15H14N2OS/c16-12-7-5-11(6-8-12)9-18-10-15-17-13-3-1-2-4-14(13)19-15/h1-8H,9-10,16H2. The lowest BCUT2D eigenvalue weighted by Crippen LogP contribution is -1.94. The molecular formula is C15H14N2OS. The van der Waals surface area contributed by atoms with Crippen LogP contribution in [0.3, 0.4) is 0 Å². The third-order valence-electron chi connectivity index (χ3n) is 2.81. The molecular weight excluding hydrogens is 256 g/mol. The third kappa shape index (κ3) is 2.92. The van der Waals surface area contributed by atoms with Crippen LogP contribution in [0.15, 0.2) is 48.5 Å². The molecule has 2 aromatic carbocycles. The number of ether oxygens (including phenoxy) is 1. The van der Waals surface area contributed by atoms with Crippen molar-refractivity contribution in [1.29, 1.82) is 0 Å². The zero-order valence-electron chi connectivity index (χ0n) is 10.4. The fraction of sp³-hybridized carbons (Fsp3) is 0.133. The number of aromatic nitrogens is 1. The molecule has 0 saturated heterocycles. The minimum atomic E-state index is 0.545. The van der Waals surface area contributed by atoms with Gasteiger partial charge in [0.05, 0.1) is 23.4 Å². The fourth-order valence-corrected chi connectivity index (χ4v) is 2.76. The molecule has 0 aliphatic rings. The first-order chi connectivity index (χ1) is 9.31. The van der Waals surface area contributed by atoms with Crippen LogP contribution < -0.4 is 5.73 Å². The zero-order valence-corrected chi connectivity index (χ0v) is 11.2. The van der Waals surface area contributed by atoms with Crippen LogP contribution >= 0.6 is 11.3 Å². The average Bonchev–Trinajstić information content (AvgIpc) is 2.83. The number of anilines is 1. The van der Waals surface area contributed by atoms with Crippen molar-refractivity contribution < 1.29 is 4.74 Å². The first-order valence-electron chi connectivity index (χ1n) is 6.08. The van der Waals surface area contributed by atoms with E-state index in [0.29, 0.717) is 13.2 Å². The predicted octanol–water partition coefficient (Wildman–Crippen LogP) is 3.60. The van der Waals surface area contributed by atoms with E-state index in [9.17, 15) is 0 Å². The molecule has 0 radical (unpaired) electrons. The lowest BCUT2D eigenvalue weighted by molar-refractivity contribution is 0.107. The summed E-state index contributed by atoms with van der Waals surface area (Å²) in [5.41, 5.74) is 8.57. The highest BCUT2D eigenvalue weighted by atomic mass is 32.1. The smallest absolute Gasteiger partial charge is 0.120 e. The molecule has 3 nitrogen and oxygen atoms in total. The molecule has 0 aliphatic carbocycles. The fourth-order valence-electron chi connectivity index (χ4n) is 1.85. The molecule has 2 N–H and O–H groups in total. The highest BCUT2D eigenvalue weighted by Gasteiger charge is 2.03. The minimum absolute atomic E-state index is 0.545. The highest BCUT2D eigenvalue weighted by molar-refractivity contribution is 7.18. The van der Waals surface area contributed by atoms with Crippen molar-refractivity contribution in [2.45, 2.75) is 13.2 Å². The SMILES string of the molecule is Nc1ccc(COCc2nc3ccccc3s2)cc1. The number of nitrogen functional groups attached to an aromatic ring is 1. The zero-order chi connectivity index (χ0) is 13.1. The largest absolute Gasteiger partial charge is 0.399 e. The van der Waals surface area contributed by atoms with Crippen LogP contribution in [0.4, 0.5) is 5.69 Å². The molecule has 1 heterocycles. The number of hydrogen-bond donors (Lipinski definition) is 1. The summed E-state index contributed by atoms with van der Waals surface area (Å²) >= 11 is 1.68. The molecule has 3 aromatic rings. The van der Waals surface area contributed by atoms with Gasteiger partial charge in [-0.25, -0.2) is 4.98 Å². The summed E-state index contributed by atoms with van der Waals surface area (Å²) in [5, 5.41) is 1.01. The van der Waals surface area contributed by atoms with E-state index in [2.05, 4.69) is 11.1 Å². The summed E-state index contributed by atoms with van der Waals surface area (Å²) in [6.07, 6.45) is 0. The summed E-state index contributed by atoms with van der Waals surface area (Å²) < 4.78 is 6.88. The topological polar surface area (TPSA) is 48.1 Å². The molecule has 0 saturated carbocycles. The molecule has 0 bridgehead atoms. The van der Waals surface area contributed by atoms with Gasteiger partial charge >= 0.3 is 0 Å². The Morgan fingerprint density at radius 2 is 1.79 bits per heavy atom. The first-order valence-corrected chi connectivity index (χ1v) is 6.89. The molecule has 19 heavy (non-hydrogen) atoms. The van der Waals surface area contributed by atoms with Crippen molar-refractivity contribution in [3.8, 4) is 0 Å². The molecule has 0 spiro atoms. The molecule has 0 amide bonds. The maximum atomic E-state index is 5.68. The molecule has 0 atom stereocenters. The third-order valence-corrected chi connectivity index (χ3v) is 3.82. The molecule has 0 aliphatic heterocycles. The van der Waals surface area contributed by atoms with Crippen LogP contribution in [0.1, 0.15) is 10.6 Å². The second-order valence-electron chi connectivity index (χ2n) is 4.31. The monoisotopic (exact) mass is 270 g/mol. The molecule has 0 fully saturated rings. The molecule has 3 rings (SSSR count). The van der Waals surface area contributed by atoms with E-state index in [0.717, 1.165) is 21.8 Å². The van der Waals surface area contributed by atoms with Crippen molar-refractivity contribution in [3.63, 3.8) is 0 Å². The van der Waals surface area contributed by atoms with Crippen LogP contribution in [0.25, 0.3) is 10.2 Å². The van der Waals surface area contributed by atoms with Crippen LogP contribution in [0.2, 0.25) is 0 Å². The maximum Gasteiger partial charge on any atom is 0.120 e. The Labute approximate surface area is 115 Å². The molecule has 4 heteroatoms. The summed E-state index contributed by atoms with van der Waals surface area (Å²) in [5.74, 6) is 0. The van der Waals surface area contributed by atoms with Gasteiger partial charge in [0, 0.05) is 5.69 Å². The van der Waals surface area contributed by atoms with Gasteiger partial charge < -0.3 is 10.5 Å². The first kappa shape index (κ1) is 12.1. The lowest BCUT2D eigenvalue weighted by atomic mass is 10.2. The second-order valence-corrected chi connectivity index (χ2v) is 5.42. The van der Waals surface area contributed by atoms with Crippen LogP contribution in [0.5, 0.6) is 0 Å². The van der Waals surface area contributed by atoms with Crippen molar-refractivity contribution in [1.82, 2.24) is 4.98 Å². The van der Waals surface area contributed by atoms with Gasteiger partial charge in [-0.15, -0.1) is 11.3 Å². The van der Waals surface area contributed by atoms with E-state index >= 15 is 0 Å². The van der Waals surface area contributed by atoms with E-state index in [1.807, 2.05) is 42.5 Å². The minimum Gasteiger partial charge on any atom is -0.399 e. The Morgan fingerprint density at radius 1 is 1.00 bits per heavy atom. The van der Waals surface area contributed by atoms with Crippen molar-refractivity contribution in [2.75, 3.05) is 5.73 Å². The Bertz CT molecular complexity index is 643. The maximum absolute atomic E-state index is 5.68. The molecule has 96 valence electrons. The lowest BCUT2D eigenvalue weighted by Gasteiger charge is -2.02. The van der Waals surface area contributed by atoms with E-state index in [-0.39, 0.29) is 0 Å². The summed E-state index contributed by atoms with van der Waals surface area (Å²) in [4.78, 5) is 4.53. The van der Waals surface area contributed by atoms with Crippen LogP contribution in [-0.4, -0.2) is 4.98 Å². The van der Waals surface area contributed by atoms with Gasteiger partial charge in [0.1, 0.15) is 5.01 Å². The van der Waals surface area contributed by atoms with Gasteiger partial charge in [0.15, 0.2) is 0 Å². The van der Waals surface area contributed by atoms with Gasteiger partial charge in [-0.3, -0.25) is 0 Å². The van der Waals surface area contributed by atoms with Crippen molar-refractivity contribution >= 4 is 27.2 Å². The number of nitrogens with two attached hydrogens (primary N) is 1. The van der Waals surface area contributed by atoms with Crippen LogP contribution in [-0.2, 0) is 18.0 Å². The van der Waals surface area contributed by atoms with Gasteiger partial charge in [0.2, 0.25) is 0 Å². The Kier molecular flexibility index (Phi) is 3.44. The Morgan fingerprint density at radius 3 is 2.58 bits per heavy atom. The van der Waals surface area contributed by atoms with Crippen molar-refractivity contribution in [2.24, 2.45) is 0 Å². The molecule has 0 unspecified atom stereocenters. The van der Waals surface area contributed by atoms with Crippen molar-refractivity contribution in [3.05, 3.63) is 59.1 Å². The summed E-state index contributed by atoms with van der Waals surface area (Å²) in [6.45, 7) is 1.12. The van der Waals surface area contributed by atoms with E-state index < -0.39 is 0 Å². The second kappa shape index (κ2) is 5.38. The average molecular weight is 270 g/mol. The predicted molar refractivity (Wildman–Crippen MR) is 79.0 cm³/mol. The Balaban J connectivity index is 1.61. The van der Waals surface area contributed by atoms with Crippen LogP contribution in [0, 0.1) is 0 Å². The van der Waals surface area contributed by atoms with Gasteiger partial charge in [-0.05, 0) is 29.8 Å². The quantitative estimate of drug-likeness (QED) is 0.737. The van der Waals surface area contributed by atoms with E-state index in [1.165, 1.54) is 4.70 Å². The van der Waals surface area contributed by atoms with E-state index in [4.69, 9.17) is 10.5 Å². The number of hydrogen-bond acceptors (Lipinski definition) is 4. The van der Waals surface area contributed by atoms with Gasteiger partial charge in [-0.1, -0.05) is 24.3 Å². The van der Waals surface area contributed by atoms with Gasteiger partial charge in [0.25, 0.3) is 0 Å². The number of benzene rings is 2. The normalized spacial score (nSPS) is 10.9. The number of fused-ring (bicyclic) bond motifs is 1.